The number of nitrogens with one attached hydrogen (secondary N) is 1. The van der Waals surface area contributed by atoms with Crippen LogP contribution in [0.15, 0.2) is 18.5 Å². The van der Waals surface area contributed by atoms with Gasteiger partial charge >= 0.3 is 0 Å². The summed E-state index contributed by atoms with van der Waals surface area (Å²) in [6, 6.07) is 2.47. The lowest BCUT2D eigenvalue weighted by Gasteiger charge is -2.12. The van der Waals surface area contributed by atoms with Gasteiger partial charge in [0.25, 0.3) is 0 Å². The summed E-state index contributed by atoms with van der Waals surface area (Å²) in [5.74, 6) is 0.949. The molecule has 0 saturated heterocycles. The molecular weight excluding hydrogens is 226 g/mol. The van der Waals surface area contributed by atoms with Crippen molar-refractivity contribution in [1.82, 2.24) is 19.3 Å². The van der Waals surface area contributed by atoms with Gasteiger partial charge in [-0.05, 0) is 26.8 Å². The molecule has 0 spiro atoms. The van der Waals surface area contributed by atoms with Gasteiger partial charge in [0.05, 0.1) is 5.69 Å². The lowest BCUT2D eigenvalue weighted by atomic mass is 10.3. The first-order chi connectivity index (χ1) is 8.58. The van der Waals surface area contributed by atoms with Crippen molar-refractivity contribution in [3.05, 3.63) is 29.8 Å². The fourth-order valence-electron chi connectivity index (χ4n) is 1.99. The van der Waals surface area contributed by atoms with E-state index >= 15 is 0 Å². The molecule has 5 nitrogen and oxygen atoms in total. The van der Waals surface area contributed by atoms with E-state index in [1.807, 2.05) is 30.9 Å². The van der Waals surface area contributed by atoms with Crippen molar-refractivity contribution in [2.75, 3.05) is 11.9 Å². The molecule has 2 rings (SSSR count). The van der Waals surface area contributed by atoms with Gasteiger partial charge < -0.3 is 9.88 Å². The summed E-state index contributed by atoms with van der Waals surface area (Å²) in [4.78, 5) is 4.50. The second-order valence-corrected chi connectivity index (χ2v) is 4.83. The van der Waals surface area contributed by atoms with Crippen molar-refractivity contribution >= 4 is 5.95 Å². The quantitative estimate of drug-likeness (QED) is 0.880. The number of aryl methyl sites for hydroxylation is 2. The molecule has 0 atom stereocenters. The lowest BCUT2D eigenvalue weighted by molar-refractivity contribution is 0.603. The molecule has 0 saturated carbocycles. The summed E-state index contributed by atoms with van der Waals surface area (Å²) in [5.41, 5.74) is 2.27. The van der Waals surface area contributed by atoms with E-state index < -0.39 is 0 Å². The predicted molar refractivity (Wildman–Crippen MR) is 72.8 cm³/mol. The zero-order valence-corrected chi connectivity index (χ0v) is 11.5. The Morgan fingerprint density at radius 3 is 2.78 bits per heavy atom. The van der Waals surface area contributed by atoms with Crippen LogP contribution >= 0.6 is 0 Å². The third-order valence-corrected chi connectivity index (χ3v) is 3.00. The Balaban J connectivity index is 1.96. The molecule has 18 heavy (non-hydrogen) atoms. The molecule has 0 aliphatic carbocycles. The van der Waals surface area contributed by atoms with Gasteiger partial charge in [-0.25, -0.2) is 4.98 Å². The third-order valence-electron chi connectivity index (χ3n) is 3.00. The Bertz CT molecular complexity index is 509. The van der Waals surface area contributed by atoms with Gasteiger partial charge in [-0.15, -0.1) is 0 Å². The monoisotopic (exact) mass is 247 g/mol. The van der Waals surface area contributed by atoms with E-state index in [1.165, 1.54) is 5.69 Å². The van der Waals surface area contributed by atoms with Gasteiger partial charge in [-0.2, -0.15) is 5.10 Å². The number of imidazole rings is 1. The van der Waals surface area contributed by atoms with Crippen LogP contribution in [0, 0.1) is 6.92 Å². The van der Waals surface area contributed by atoms with Gasteiger partial charge in [-0.1, -0.05) is 0 Å². The first kappa shape index (κ1) is 12.7. The van der Waals surface area contributed by atoms with Gasteiger partial charge in [0.2, 0.25) is 5.95 Å². The Hall–Kier alpha value is -1.78. The van der Waals surface area contributed by atoms with Gasteiger partial charge in [-0.3, -0.25) is 4.68 Å². The molecule has 0 aromatic carbocycles. The molecule has 0 amide bonds. The van der Waals surface area contributed by atoms with E-state index in [-0.39, 0.29) is 0 Å². The van der Waals surface area contributed by atoms with Crippen LogP contribution in [-0.4, -0.2) is 25.9 Å². The lowest BCUT2D eigenvalue weighted by Crippen LogP contribution is -2.13. The van der Waals surface area contributed by atoms with E-state index in [4.69, 9.17) is 0 Å². The molecule has 2 aromatic heterocycles. The minimum Gasteiger partial charge on any atom is -0.355 e. The average Bonchev–Trinajstić information content (AvgIpc) is 2.86. The molecule has 0 aliphatic heterocycles. The summed E-state index contributed by atoms with van der Waals surface area (Å²) in [7, 11) is 1.97. The maximum Gasteiger partial charge on any atom is 0.203 e. The van der Waals surface area contributed by atoms with Crippen molar-refractivity contribution < 1.29 is 0 Å². The SMILES string of the molecule is Cc1cn(C(C)C)c(NCCc2ccnn2C)n1. The first-order valence-electron chi connectivity index (χ1n) is 6.34. The molecule has 0 radical (unpaired) electrons. The van der Waals surface area contributed by atoms with E-state index in [2.05, 4.69) is 40.0 Å². The van der Waals surface area contributed by atoms with Crippen LogP contribution < -0.4 is 5.32 Å². The van der Waals surface area contributed by atoms with Crippen LogP contribution in [0.3, 0.4) is 0 Å². The van der Waals surface area contributed by atoms with E-state index in [0.29, 0.717) is 6.04 Å². The van der Waals surface area contributed by atoms with E-state index in [0.717, 1.165) is 24.6 Å². The Morgan fingerprint density at radius 2 is 2.17 bits per heavy atom. The van der Waals surface area contributed by atoms with Crippen LogP contribution in [0.4, 0.5) is 5.95 Å². The molecule has 2 heterocycles. The summed E-state index contributed by atoms with van der Waals surface area (Å²) in [6.07, 6.45) is 4.85. The summed E-state index contributed by atoms with van der Waals surface area (Å²) >= 11 is 0. The molecule has 0 unspecified atom stereocenters. The summed E-state index contributed by atoms with van der Waals surface area (Å²) in [5, 5.41) is 7.55. The van der Waals surface area contributed by atoms with Gasteiger partial charge in [0, 0.05) is 44.1 Å². The average molecular weight is 247 g/mol. The van der Waals surface area contributed by atoms with Crippen LogP contribution in [0.25, 0.3) is 0 Å². The fourth-order valence-corrected chi connectivity index (χ4v) is 1.99. The van der Waals surface area contributed by atoms with Crippen LogP contribution in [-0.2, 0) is 13.5 Å². The Morgan fingerprint density at radius 1 is 1.39 bits per heavy atom. The maximum atomic E-state index is 4.50. The molecule has 0 aliphatic rings. The number of anilines is 1. The normalized spacial score (nSPS) is 11.2. The van der Waals surface area contributed by atoms with Crippen molar-refractivity contribution in [3.63, 3.8) is 0 Å². The van der Waals surface area contributed by atoms with Gasteiger partial charge in [0.1, 0.15) is 0 Å². The Kier molecular flexibility index (Phi) is 3.69. The topological polar surface area (TPSA) is 47.7 Å². The van der Waals surface area contributed by atoms with Crippen molar-refractivity contribution in [2.24, 2.45) is 7.05 Å². The van der Waals surface area contributed by atoms with Crippen LogP contribution in [0.2, 0.25) is 0 Å². The number of hydrogen-bond donors (Lipinski definition) is 1. The maximum absolute atomic E-state index is 4.50. The number of rotatable bonds is 5. The van der Waals surface area contributed by atoms with E-state index in [1.54, 1.807) is 0 Å². The molecule has 98 valence electrons. The minimum absolute atomic E-state index is 0.422. The van der Waals surface area contributed by atoms with Crippen molar-refractivity contribution in [2.45, 2.75) is 33.2 Å². The highest BCUT2D eigenvalue weighted by Gasteiger charge is 2.08. The number of aromatic nitrogens is 4. The standard InChI is InChI=1S/C13H21N5/c1-10(2)18-9-11(3)16-13(18)14-7-5-12-6-8-15-17(12)4/h6,8-10H,5,7H2,1-4H3,(H,14,16). The highest BCUT2D eigenvalue weighted by molar-refractivity contribution is 5.29. The van der Waals surface area contributed by atoms with Crippen molar-refractivity contribution in [1.29, 1.82) is 0 Å². The van der Waals surface area contributed by atoms with Crippen LogP contribution in [0.1, 0.15) is 31.3 Å². The van der Waals surface area contributed by atoms with Gasteiger partial charge in [0.15, 0.2) is 0 Å². The minimum atomic E-state index is 0.422. The third kappa shape index (κ3) is 2.72. The molecule has 0 fully saturated rings. The fraction of sp³-hybridized carbons (Fsp3) is 0.538. The molecular formula is C13H21N5. The first-order valence-corrected chi connectivity index (χ1v) is 6.34. The zero-order valence-electron chi connectivity index (χ0n) is 11.5. The van der Waals surface area contributed by atoms with E-state index in [9.17, 15) is 0 Å². The molecule has 2 aromatic rings. The number of hydrogen-bond acceptors (Lipinski definition) is 3. The second kappa shape index (κ2) is 5.25. The second-order valence-electron chi connectivity index (χ2n) is 4.83. The smallest absolute Gasteiger partial charge is 0.203 e. The Labute approximate surface area is 108 Å². The highest BCUT2D eigenvalue weighted by Crippen LogP contribution is 2.15. The summed E-state index contributed by atoms with van der Waals surface area (Å²) in [6.45, 7) is 7.20. The largest absolute Gasteiger partial charge is 0.355 e. The number of nitrogens with zero attached hydrogens (tertiary/aromatic N) is 4. The predicted octanol–water partition coefficient (Wildman–Crippen LogP) is 2.16. The van der Waals surface area contributed by atoms with Crippen molar-refractivity contribution in [3.8, 4) is 0 Å². The highest BCUT2D eigenvalue weighted by atomic mass is 15.3. The zero-order chi connectivity index (χ0) is 13.1. The summed E-state index contributed by atoms with van der Waals surface area (Å²) < 4.78 is 4.07. The molecule has 1 N–H and O–H groups in total. The van der Waals surface area contributed by atoms with Crippen LogP contribution in [0.5, 0.6) is 0 Å². The molecule has 5 heteroatoms. The molecule has 0 bridgehead atoms.